The first-order chi connectivity index (χ1) is 4.27. The van der Waals surface area contributed by atoms with Crippen LogP contribution in [0.4, 0.5) is 8.78 Å². The molecular weight excluding hydrogens is 130 g/mol. The Balaban J connectivity index is 2.75. The Bertz CT molecular complexity index is 58.9. The van der Waals surface area contributed by atoms with Gasteiger partial charge in [-0.1, -0.05) is 6.92 Å². The highest BCUT2D eigenvalue weighted by atomic mass is 19.3. The second-order valence-electron chi connectivity index (χ2n) is 1.36. The Kier molecular flexibility index (Phi) is 5.76. The maximum Gasteiger partial charge on any atom is 0.347 e. The summed E-state index contributed by atoms with van der Waals surface area (Å²) in [5.41, 5.74) is 0. The molecule has 0 N–H and O–H groups in total. The highest BCUT2D eigenvalue weighted by molar-refractivity contribution is 4.29. The molecule has 0 unspecified atom stereocenters. The van der Waals surface area contributed by atoms with E-state index in [1.54, 1.807) is 0 Å². The zero-order valence-electron chi connectivity index (χ0n) is 5.14. The maximum absolute atomic E-state index is 11.1. The fourth-order valence-electron chi connectivity index (χ4n) is 0.247. The largest absolute Gasteiger partial charge is 0.348 e. The van der Waals surface area contributed by atoms with E-state index in [0.717, 1.165) is 6.42 Å². The van der Waals surface area contributed by atoms with Gasteiger partial charge in [-0.05, 0) is 6.42 Å². The number of ether oxygens (including phenoxy) is 2. The molecule has 0 saturated heterocycles. The highest BCUT2D eigenvalue weighted by Crippen LogP contribution is 1.97. The van der Waals surface area contributed by atoms with E-state index >= 15 is 0 Å². The molecule has 0 aliphatic rings. The van der Waals surface area contributed by atoms with Crippen molar-refractivity contribution in [1.29, 1.82) is 0 Å². The zero-order valence-corrected chi connectivity index (χ0v) is 5.14. The lowest BCUT2D eigenvalue weighted by molar-refractivity contribution is -0.147. The van der Waals surface area contributed by atoms with Crippen molar-refractivity contribution in [3.05, 3.63) is 6.79 Å². The highest BCUT2D eigenvalue weighted by Gasteiger charge is 1.99. The minimum atomic E-state index is -2.78. The fourth-order valence-corrected chi connectivity index (χ4v) is 0.247. The average Bonchev–Trinajstić information content (AvgIpc) is 1.80. The Morgan fingerprint density at radius 2 is 2.22 bits per heavy atom. The van der Waals surface area contributed by atoms with Crippen molar-refractivity contribution in [3.63, 3.8) is 0 Å². The first-order valence-electron chi connectivity index (χ1n) is 2.64. The predicted molar refractivity (Wildman–Crippen MR) is 27.6 cm³/mol. The van der Waals surface area contributed by atoms with Crippen molar-refractivity contribution < 1.29 is 18.3 Å². The Labute approximate surface area is 52.8 Å². The summed E-state index contributed by atoms with van der Waals surface area (Å²) in [6.07, 6.45) is 0.781. The lowest BCUT2D eigenvalue weighted by Crippen LogP contribution is -1.99. The first kappa shape index (κ1) is 8.78. The third-order valence-electron chi connectivity index (χ3n) is 0.548. The molecule has 0 aliphatic carbocycles. The van der Waals surface area contributed by atoms with Crippen molar-refractivity contribution in [2.75, 3.05) is 6.61 Å². The molecule has 0 amide bonds. The van der Waals surface area contributed by atoms with Crippen LogP contribution in [0.5, 0.6) is 0 Å². The van der Waals surface area contributed by atoms with Crippen molar-refractivity contribution in [1.82, 2.24) is 0 Å². The van der Waals surface area contributed by atoms with Crippen molar-refractivity contribution in [2.45, 2.75) is 20.0 Å². The van der Waals surface area contributed by atoms with Gasteiger partial charge >= 0.3 is 6.61 Å². The number of rotatable bonds is 5. The fraction of sp³-hybridized carbons (Fsp3) is 0.800. The number of alkyl halides is 2. The van der Waals surface area contributed by atoms with Gasteiger partial charge in [0, 0.05) is 6.61 Å². The average molecular weight is 139 g/mol. The van der Waals surface area contributed by atoms with Crippen LogP contribution in [0, 0.1) is 6.79 Å². The molecule has 9 heavy (non-hydrogen) atoms. The molecular formula is C5H9F2O2. The molecule has 0 bridgehead atoms. The molecule has 0 spiro atoms. The Morgan fingerprint density at radius 3 is 2.67 bits per heavy atom. The topological polar surface area (TPSA) is 18.5 Å². The van der Waals surface area contributed by atoms with Crippen LogP contribution in [0.15, 0.2) is 0 Å². The van der Waals surface area contributed by atoms with E-state index in [0.29, 0.717) is 13.4 Å². The van der Waals surface area contributed by atoms with E-state index in [1.807, 2.05) is 6.92 Å². The third-order valence-corrected chi connectivity index (χ3v) is 0.548. The van der Waals surface area contributed by atoms with Gasteiger partial charge in [0.05, 0.1) is 0 Å². The van der Waals surface area contributed by atoms with Gasteiger partial charge in [-0.15, -0.1) is 0 Å². The summed E-state index contributed by atoms with van der Waals surface area (Å²) in [7, 11) is 0. The lowest BCUT2D eigenvalue weighted by Gasteiger charge is -1.99. The molecule has 2 nitrogen and oxygen atoms in total. The predicted octanol–water partition coefficient (Wildman–Crippen LogP) is 1.77. The zero-order chi connectivity index (χ0) is 7.11. The van der Waals surface area contributed by atoms with Crippen LogP contribution >= 0.6 is 0 Å². The summed E-state index contributed by atoms with van der Waals surface area (Å²) in [5.74, 6) is 0. The molecule has 0 saturated carbocycles. The van der Waals surface area contributed by atoms with Crippen LogP contribution in [0.1, 0.15) is 13.3 Å². The first-order valence-corrected chi connectivity index (χ1v) is 2.64. The Hall–Kier alpha value is -0.220. The second kappa shape index (κ2) is 5.91. The summed E-state index contributed by atoms with van der Waals surface area (Å²) in [6, 6.07) is 0. The van der Waals surface area contributed by atoms with Gasteiger partial charge in [-0.3, -0.25) is 4.74 Å². The maximum atomic E-state index is 11.1. The van der Waals surface area contributed by atoms with Gasteiger partial charge in [0.15, 0.2) is 0 Å². The molecule has 1 radical (unpaired) electrons. The monoisotopic (exact) mass is 139 g/mol. The minimum absolute atomic E-state index is 0.409. The van der Waals surface area contributed by atoms with E-state index in [4.69, 9.17) is 0 Å². The standard InChI is InChI=1S/C5H9F2O2/c1-2-3-8-4-9-5(6)7/h4-5H,2-3H2,1H3. The Morgan fingerprint density at radius 1 is 1.56 bits per heavy atom. The van der Waals surface area contributed by atoms with Gasteiger partial charge < -0.3 is 4.74 Å². The number of halogens is 2. The molecule has 55 valence electrons. The summed E-state index contributed by atoms with van der Waals surface area (Å²) < 4.78 is 30.4. The molecule has 0 aromatic heterocycles. The summed E-state index contributed by atoms with van der Waals surface area (Å²) >= 11 is 0. The third kappa shape index (κ3) is 7.78. The number of hydrogen-bond acceptors (Lipinski definition) is 2. The SMILES string of the molecule is CCCO[CH]OC(F)F. The van der Waals surface area contributed by atoms with E-state index < -0.39 is 6.61 Å². The second-order valence-corrected chi connectivity index (χ2v) is 1.36. The summed E-state index contributed by atoms with van der Waals surface area (Å²) in [6.45, 7) is 0.166. The molecule has 4 heteroatoms. The van der Waals surface area contributed by atoms with Gasteiger partial charge in [0.25, 0.3) is 0 Å². The van der Waals surface area contributed by atoms with Crippen LogP contribution in [0.25, 0.3) is 0 Å². The van der Waals surface area contributed by atoms with Gasteiger partial charge in [-0.25, -0.2) is 0 Å². The lowest BCUT2D eigenvalue weighted by atomic mass is 10.5. The molecule has 0 heterocycles. The molecule has 0 atom stereocenters. The smallest absolute Gasteiger partial charge is 0.347 e. The van der Waals surface area contributed by atoms with Gasteiger partial charge in [0.2, 0.25) is 6.79 Å². The summed E-state index contributed by atoms with van der Waals surface area (Å²) in [5, 5.41) is 0. The van der Waals surface area contributed by atoms with E-state index in [-0.39, 0.29) is 0 Å². The summed E-state index contributed by atoms with van der Waals surface area (Å²) in [4.78, 5) is 0. The van der Waals surface area contributed by atoms with E-state index in [2.05, 4.69) is 9.47 Å². The van der Waals surface area contributed by atoms with Crippen LogP contribution in [-0.2, 0) is 9.47 Å². The van der Waals surface area contributed by atoms with Crippen LogP contribution < -0.4 is 0 Å². The molecule has 0 rings (SSSR count). The van der Waals surface area contributed by atoms with Crippen molar-refractivity contribution in [3.8, 4) is 0 Å². The van der Waals surface area contributed by atoms with E-state index in [9.17, 15) is 8.78 Å². The minimum Gasteiger partial charge on any atom is -0.348 e. The quantitative estimate of drug-likeness (QED) is 0.540. The van der Waals surface area contributed by atoms with Crippen molar-refractivity contribution >= 4 is 0 Å². The molecule has 0 aliphatic heterocycles. The molecule has 0 fully saturated rings. The molecule has 0 aromatic rings. The van der Waals surface area contributed by atoms with E-state index in [1.165, 1.54) is 0 Å². The van der Waals surface area contributed by atoms with Crippen LogP contribution in [0.3, 0.4) is 0 Å². The van der Waals surface area contributed by atoms with Crippen LogP contribution in [-0.4, -0.2) is 13.2 Å². The van der Waals surface area contributed by atoms with Gasteiger partial charge in [0.1, 0.15) is 0 Å². The van der Waals surface area contributed by atoms with Crippen LogP contribution in [0.2, 0.25) is 0 Å². The number of hydrogen-bond donors (Lipinski definition) is 0. The van der Waals surface area contributed by atoms with Gasteiger partial charge in [-0.2, -0.15) is 8.78 Å². The molecule has 0 aromatic carbocycles. The van der Waals surface area contributed by atoms with Crippen molar-refractivity contribution in [2.24, 2.45) is 0 Å². The normalized spacial score (nSPS) is 10.7.